The Morgan fingerprint density at radius 3 is 2.83 bits per heavy atom. The molecule has 0 N–H and O–H groups in total. The van der Waals surface area contributed by atoms with Gasteiger partial charge in [-0.3, -0.25) is 0 Å². The molecule has 0 atom stereocenters. The lowest BCUT2D eigenvalue weighted by molar-refractivity contribution is 0.0526. The van der Waals surface area contributed by atoms with Crippen LogP contribution in [0.5, 0.6) is 0 Å². The van der Waals surface area contributed by atoms with E-state index in [9.17, 15) is 4.79 Å². The summed E-state index contributed by atoms with van der Waals surface area (Å²) in [6.45, 7) is 3.98. The van der Waals surface area contributed by atoms with Gasteiger partial charge in [0.1, 0.15) is 0 Å². The Morgan fingerprint density at radius 1 is 1.75 bits per heavy atom. The molecular formula is C8H9ClO2S. The Kier molecular flexibility index (Phi) is 3.12. The van der Waals surface area contributed by atoms with Gasteiger partial charge in [0.25, 0.3) is 0 Å². The highest BCUT2D eigenvalue weighted by Crippen LogP contribution is 2.26. The topological polar surface area (TPSA) is 26.3 Å². The number of ether oxygens (including phenoxy) is 1. The summed E-state index contributed by atoms with van der Waals surface area (Å²) in [6.07, 6.45) is 0. The fourth-order valence-electron chi connectivity index (χ4n) is 0.803. The number of halogens is 1. The SMILES string of the molecule is CCOC(=O)c1csc(Cl)c1C. The molecule has 1 aromatic heterocycles. The number of rotatable bonds is 2. The molecule has 2 nitrogen and oxygen atoms in total. The third kappa shape index (κ3) is 1.79. The molecular weight excluding hydrogens is 196 g/mol. The Morgan fingerprint density at radius 2 is 2.42 bits per heavy atom. The van der Waals surface area contributed by atoms with E-state index in [1.54, 1.807) is 12.3 Å². The third-order valence-electron chi connectivity index (χ3n) is 1.47. The van der Waals surface area contributed by atoms with Gasteiger partial charge in [-0.1, -0.05) is 11.6 Å². The van der Waals surface area contributed by atoms with Crippen LogP contribution in [0, 0.1) is 6.92 Å². The van der Waals surface area contributed by atoms with Gasteiger partial charge in [0.2, 0.25) is 0 Å². The van der Waals surface area contributed by atoms with Crippen LogP contribution in [0.4, 0.5) is 0 Å². The number of carbonyl (C=O) groups is 1. The minimum absolute atomic E-state index is 0.293. The zero-order chi connectivity index (χ0) is 9.14. The smallest absolute Gasteiger partial charge is 0.339 e. The molecule has 0 saturated carbocycles. The second-order valence-corrected chi connectivity index (χ2v) is 3.75. The number of hydrogen-bond donors (Lipinski definition) is 0. The third-order valence-corrected chi connectivity index (χ3v) is 2.89. The molecule has 1 rings (SSSR count). The Bertz CT molecular complexity index is 293. The molecule has 0 radical (unpaired) electrons. The number of hydrogen-bond acceptors (Lipinski definition) is 3. The van der Waals surface area contributed by atoms with Gasteiger partial charge in [-0.25, -0.2) is 4.79 Å². The summed E-state index contributed by atoms with van der Waals surface area (Å²) < 4.78 is 5.48. The van der Waals surface area contributed by atoms with Crippen molar-refractivity contribution in [2.24, 2.45) is 0 Å². The molecule has 0 fully saturated rings. The fourth-order valence-corrected chi connectivity index (χ4v) is 1.82. The highest BCUT2D eigenvalue weighted by atomic mass is 35.5. The van der Waals surface area contributed by atoms with Gasteiger partial charge in [-0.2, -0.15) is 0 Å². The molecule has 0 saturated heterocycles. The molecule has 0 aromatic carbocycles. The first kappa shape index (κ1) is 9.55. The highest BCUT2D eigenvalue weighted by Gasteiger charge is 2.13. The molecule has 12 heavy (non-hydrogen) atoms. The average molecular weight is 205 g/mol. The van der Waals surface area contributed by atoms with Gasteiger partial charge < -0.3 is 4.74 Å². The van der Waals surface area contributed by atoms with Gasteiger partial charge in [0, 0.05) is 5.38 Å². The van der Waals surface area contributed by atoms with Gasteiger partial charge in [0.05, 0.1) is 16.5 Å². The van der Waals surface area contributed by atoms with E-state index in [0.29, 0.717) is 16.5 Å². The molecule has 0 aliphatic heterocycles. The Labute approximate surface area is 80.1 Å². The maximum atomic E-state index is 11.2. The van der Waals surface area contributed by atoms with E-state index in [2.05, 4.69) is 0 Å². The Hall–Kier alpha value is -0.540. The fraction of sp³-hybridized carbons (Fsp3) is 0.375. The van der Waals surface area contributed by atoms with E-state index >= 15 is 0 Å². The van der Waals surface area contributed by atoms with Gasteiger partial charge in [0.15, 0.2) is 0 Å². The van der Waals surface area contributed by atoms with Gasteiger partial charge in [-0.15, -0.1) is 11.3 Å². The summed E-state index contributed by atoms with van der Waals surface area (Å²) >= 11 is 7.13. The molecule has 1 aromatic rings. The standard InChI is InChI=1S/C8H9ClO2S/c1-3-11-8(10)6-4-12-7(9)5(6)2/h4H,3H2,1-2H3. The summed E-state index contributed by atoms with van der Waals surface area (Å²) in [5.41, 5.74) is 1.38. The summed E-state index contributed by atoms with van der Waals surface area (Å²) in [5, 5.41) is 1.72. The summed E-state index contributed by atoms with van der Waals surface area (Å²) in [5.74, 6) is -0.293. The molecule has 1 heterocycles. The van der Waals surface area contributed by atoms with Crippen LogP contribution in [0.15, 0.2) is 5.38 Å². The van der Waals surface area contributed by atoms with E-state index in [1.807, 2.05) is 6.92 Å². The minimum atomic E-state index is -0.293. The average Bonchev–Trinajstić information content (AvgIpc) is 2.34. The molecule has 0 aliphatic carbocycles. The molecule has 66 valence electrons. The van der Waals surface area contributed by atoms with Crippen LogP contribution in [0.1, 0.15) is 22.8 Å². The molecule has 0 amide bonds. The second-order valence-electron chi connectivity index (χ2n) is 2.27. The van der Waals surface area contributed by atoms with E-state index in [0.717, 1.165) is 5.56 Å². The predicted octanol–water partition coefficient (Wildman–Crippen LogP) is 2.89. The van der Waals surface area contributed by atoms with Gasteiger partial charge in [-0.05, 0) is 19.4 Å². The van der Waals surface area contributed by atoms with Crippen LogP contribution in [0.2, 0.25) is 4.34 Å². The van der Waals surface area contributed by atoms with Crippen molar-refractivity contribution in [2.45, 2.75) is 13.8 Å². The van der Waals surface area contributed by atoms with Crippen molar-refractivity contribution in [1.82, 2.24) is 0 Å². The largest absolute Gasteiger partial charge is 0.462 e. The quantitative estimate of drug-likeness (QED) is 0.693. The van der Waals surface area contributed by atoms with Crippen LogP contribution in [-0.4, -0.2) is 12.6 Å². The van der Waals surface area contributed by atoms with Gasteiger partial charge >= 0.3 is 5.97 Å². The van der Waals surface area contributed by atoms with E-state index in [1.165, 1.54) is 11.3 Å². The van der Waals surface area contributed by atoms with Crippen LogP contribution in [0.25, 0.3) is 0 Å². The maximum absolute atomic E-state index is 11.2. The summed E-state index contributed by atoms with van der Waals surface area (Å²) in [4.78, 5) is 11.2. The van der Waals surface area contributed by atoms with E-state index in [4.69, 9.17) is 16.3 Å². The summed E-state index contributed by atoms with van der Waals surface area (Å²) in [7, 11) is 0. The number of thiophene rings is 1. The minimum Gasteiger partial charge on any atom is -0.462 e. The highest BCUT2D eigenvalue weighted by molar-refractivity contribution is 7.14. The predicted molar refractivity (Wildman–Crippen MR) is 50.0 cm³/mol. The normalized spacial score (nSPS) is 9.92. The second kappa shape index (κ2) is 3.92. The van der Waals surface area contributed by atoms with Crippen molar-refractivity contribution in [3.8, 4) is 0 Å². The number of esters is 1. The molecule has 0 spiro atoms. The lowest BCUT2D eigenvalue weighted by atomic mass is 10.2. The van der Waals surface area contributed by atoms with Crippen LogP contribution in [-0.2, 0) is 4.74 Å². The molecule has 0 unspecified atom stereocenters. The zero-order valence-corrected chi connectivity index (χ0v) is 8.46. The maximum Gasteiger partial charge on any atom is 0.339 e. The van der Waals surface area contributed by atoms with Crippen molar-refractivity contribution >= 4 is 28.9 Å². The van der Waals surface area contributed by atoms with Crippen molar-refractivity contribution in [3.05, 3.63) is 20.8 Å². The van der Waals surface area contributed by atoms with E-state index < -0.39 is 0 Å². The monoisotopic (exact) mass is 204 g/mol. The van der Waals surface area contributed by atoms with Crippen LogP contribution in [0.3, 0.4) is 0 Å². The van der Waals surface area contributed by atoms with Crippen molar-refractivity contribution in [3.63, 3.8) is 0 Å². The van der Waals surface area contributed by atoms with Crippen LogP contribution < -0.4 is 0 Å². The summed E-state index contributed by atoms with van der Waals surface area (Å²) in [6, 6.07) is 0. The lowest BCUT2D eigenvalue weighted by Gasteiger charge is -1.99. The molecule has 4 heteroatoms. The lowest BCUT2D eigenvalue weighted by Crippen LogP contribution is -2.04. The molecule has 0 bridgehead atoms. The van der Waals surface area contributed by atoms with Crippen molar-refractivity contribution in [2.75, 3.05) is 6.61 Å². The van der Waals surface area contributed by atoms with Crippen molar-refractivity contribution < 1.29 is 9.53 Å². The first-order valence-corrected chi connectivity index (χ1v) is 4.83. The van der Waals surface area contributed by atoms with Crippen molar-refractivity contribution in [1.29, 1.82) is 0 Å². The Balaban J connectivity index is 2.88. The number of carbonyl (C=O) groups excluding carboxylic acids is 1. The first-order chi connectivity index (χ1) is 5.66. The van der Waals surface area contributed by atoms with E-state index in [-0.39, 0.29) is 5.97 Å². The zero-order valence-electron chi connectivity index (χ0n) is 6.89. The first-order valence-electron chi connectivity index (χ1n) is 3.57. The molecule has 0 aliphatic rings. The van der Waals surface area contributed by atoms with Crippen LogP contribution >= 0.6 is 22.9 Å².